The maximum atomic E-state index is 12.1. The van der Waals surface area contributed by atoms with E-state index in [2.05, 4.69) is 9.71 Å². The molecule has 0 spiro atoms. The number of para-hydroxylation sites is 1. The summed E-state index contributed by atoms with van der Waals surface area (Å²) < 4.78 is 37.4. The van der Waals surface area contributed by atoms with Gasteiger partial charge in [-0.2, -0.15) is 0 Å². The van der Waals surface area contributed by atoms with Gasteiger partial charge in [0.2, 0.25) is 10.0 Å². The molecule has 6 nitrogen and oxygen atoms in total. The molecule has 1 aromatic heterocycles. The fraction of sp³-hybridized carbons (Fsp3) is 0.211. The number of rotatable bonds is 9. The second kappa shape index (κ2) is 8.98. The molecular formula is C19H20N2O4S2. The Hall–Kier alpha value is -2.42. The highest BCUT2D eigenvalue weighted by molar-refractivity contribution is 7.89. The van der Waals surface area contributed by atoms with Gasteiger partial charge in [-0.05, 0) is 36.4 Å². The molecule has 1 heterocycles. The third-order valence-electron chi connectivity index (χ3n) is 3.73. The van der Waals surface area contributed by atoms with E-state index in [1.165, 1.54) is 11.3 Å². The van der Waals surface area contributed by atoms with E-state index >= 15 is 0 Å². The van der Waals surface area contributed by atoms with Crippen LogP contribution < -0.4 is 14.2 Å². The number of aromatic nitrogens is 1. The highest BCUT2D eigenvalue weighted by Gasteiger charge is 2.12. The summed E-state index contributed by atoms with van der Waals surface area (Å²) in [5.41, 5.74) is 1.64. The molecule has 0 radical (unpaired) electrons. The van der Waals surface area contributed by atoms with Crippen molar-refractivity contribution in [3.8, 4) is 22.1 Å². The second-order valence-corrected chi connectivity index (χ2v) is 8.46. The number of benzene rings is 2. The van der Waals surface area contributed by atoms with Crippen molar-refractivity contribution in [2.75, 3.05) is 19.5 Å². The first-order valence-electron chi connectivity index (χ1n) is 8.30. The molecule has 0 aliphatic carbocycles. The maximum absolute atomic E-state index is 12.1. The van der Waals surface area contributed by atoms with Gasteiger partial charge in [-0.25, -0.2) is 18.1 Å². The SMILES string of the molecule is COc1ccc(-c2nc(CNS(=O)(=O)CCOc3ccccc3)cs2)cc1. The van der Waals surface area contributed by atoms with Crippen molar-refractivity contribution in [2.24, 2.45) is 0 Å². The minimum Gasteiger partial charge on any atom is -0.497 e. The summed E-state index contributed by atoms with van der Waals surface area (Å²) in [5, 5.41) is 2.68. The van der Waals surface area contributed by atoms with Gasteiger partial charge in [0.15, 0.2) is 0 Å². The number of nitrogens with zero attached hydrogens (tertiary/aromatic N) is 1. The van der Waals surface area contributed by atoms with E-state index in [1.54, 1.807) is 19.2 Å². The van der Waals surface area contributed by atoms with Crippen LogP contribution >= 0.6 is 11.3 Å². The van der Waals surface area contributed by atoms with Crippen molar-refractivity contribution in [2.45, 2.75) is 6.54 Å². The molecule has 0 saturated heterocycles. The monoisotopic (exact) mass is 404 g/mol. The number of sulfonamides is 1. The molecule has 0 amide bonds. The van der Waals surface area contributed by atoms with Crippen LogP contribution in [0.1, 0.15) is 5.69 Å². The lowest BCUT2D eigenvalue weighted by molar-refractivity contribution is 0.340. The lowest BCUT2D eigenvalue weighted by atomic mass is 10.2. The summed E-state index contributed by atoms with van der Waals surface area (Å²) in [6.07, 6.45) is 0. The van der Waals surface area contributed by atoms with Crippen LogP contribution in [0.3, 0.4) is 0 Å². The molecule has 1 N–H and O–H groups in total. The maximum Gasteiger partial charge on any atom is 0.215 e. The number of ether oxygens (including phenoxy) is 2. The third kappa shape index (κ3) is 5.78. The van der Waals surface area contributed by atoms with Gasteiger partial charge in [0, 0.05) is 10.9 Å². The molecule has 3 rings (SSSR count). The first-order chi connectivity index (χ1) is 13.1. The zero-order chi connectivity index (χ0) is 19.1. The van der Waals surface area contributed by atoms with Crippen LogP contribution in [0, 0.1) is 0 Å². The first-order valence-corrected chi connectivity index (χ1v) is 10.8. The lowest BCUT2D eigenvalue weighted by Gasteiger charge is -2.07. The summed E-state index contributed by atoms with van der Waals surface area (Å²) in [6.45, 7) is 0.244. The minimum absolute atomic E-state index is 0.0908. The molecule has 8 heteroatoms. The van der Waals surface area contributed by atoms with Gasteiger partial charge in [0.05, 0.1) is 25.1 Å². The average Bonchev–Trinajstić information content (AvgIpc) is 3.16. The average molecular weight is 405 g/mol. The molecule has 0 saturated carbocycles. The molecular weight excluding hydrogens is 384 g/mol. The molecule has 0 aliphatic heterocycles. The Morgan fingerprint density at radius 1 is 1.04 bits per heavy atom. The number of thiazole rings is 1. The van der Waals surface area contributed by atoms with Gasteiger partial charge in [-0.3, -0.25) is 0 Å². The lowest BCUT2D eigenvalue weighted by Crippen LogP contribution is -2.28. The fourth-order valence-corrected chi connectivity index (χ4v) is 3.94. The van der Waals surface area contributed by atoms with Crippen molar-refractivity contribution in [1.29, 1.82) is 0 Å². The molecule has 0 aliphatic rings. The zero-order valence-electron chi connectivity index (χ0n) is 14.8. The predicted octanol–water partition coefficient (Wildman–Crippen LogP) is 3.32. The minimum atomic E-state index is -3.44. The predicted molar refractivity (Wildman–Crippen MR) is 107 cm³/mol. The Morgan fingerprint density at radius 3 is 2.48 bits per heavy atom. The van der Waals surface area contributed by atoms with E-state index in [0.717, 1.165) is 16.3 Å². The van der Waals surface area contributed by atoms with Gasteiger partial charge in [-0.15, -0.1) is 11.3 Å². The van der Waals surface area contributed by atoms with Gasteiger partial charge in [0.1, 0.15) is 23.1 Å². The summed E-state index contributed by atoms with van der Waals surface area (Å²) in [7, 11) is -1.82. The topological polar surface area (TPSA) is 77.5 Å². The van der Waals surface area contributed by atoms with Crippen LogP contribution in [0.5, 0.6) is 11.5 Å². The van der Waals surface area contributed by atoms with E-state index in [9.17, 15) is 8.42 Å². The Bertz CT molecular complexity index is 955. The Morgan fingerprint density at radius 2 is 1.78 bits per heavy atom. The Kier molecular flexibility index (Phi) is 6.44. The van der Waals surface area contributed by atoms with E-state index in [4.69, 9.17) is 9.47 Å². The first kappa shape index (κ1) is 19.3. The quantitative estimate of drug-likeness (QED) is 0.592. The van der Waals surface area contributed by atoms with E-state index in [-0.39, 0.29) is 18.9 Å². The number of hydrogen-bond acceptors (Lipinski definition) is 6. The number of hydrogen-bond donors (Lipinski definition) is 1. The Balaban J connectivity index is 1.51. The van der Waals surface area contributed by atoms with Crippen molar-refractivity contribution < 1.29 is 17.9 Å². The van der Waals surface area contributed by atoms with Crippen molar-refractivity contribution in [3.63, 3.8) is 0 Å². The molecule has 3 aromatic rings. The third-order valence-corrected chi connectivity index (χ3v) is 5.95. The number of methoxy groups -OCH3 is 1. The Labute approximate surface area is 162 Å². The van der Waals surface area contributed by atoms with E-state index < -0.39 is 10.0 Å². The van der Waals surface area contributed by atoms with Crippen LogP contribution in [-0.2, 0) is 16.6 Å². The summed E-state index contributed by atoms with van der Waals surface area (Å²) in [6, 6.07) is 16.7. The largest absolute Gasteiger partial charge is 0.497 e. The van der Waals surface area contributed by atoms with Crippen LogP contribution in [0.4, 0.5) is 0 Å². The van der Waals surface area contributed by atoms with Crippen LogP contribution in [-0.4, -0.2) is 32.9 Å². The molecule has 0 bridgehead atoms. The summed E-state index contributed by atoms with van der Waals surface area (Å²) in [5.74, 6) is 1.31. The smallest absolute Gasteiger partial charge is 0.215 e. The second-order valence-electron chi connectivity index (χ2n) is 5.67. The zero-order valence-corrected chi connectivity index (χ0v) is 16.4. The van der Waals surface area contributed by atoms with Crippen molar-refractivity contribution in [1.82, 2.24) is 9.71 Å². The van der Waals surface area contributed by atoms with Crippen molar-refractivity contribution in [3.05, 3.63) is 65.7 Å². The standard InChI is InChI=1S/C19H20N2O4S2/c1-24-17-9-7-15(8-10-17)19-21-16(14-26-19)13-20-27(22,23)12-11-25-18-5-3-2-4-6-18/h2-10,14,20H,11-13H2,1H3. The van der Waals surface area contributed by atoms with E-state index in [1.807, 2.05) is 47.8 Å². The highest BCUT2D eigenvalue weighted by Crippen LogP contribution is 2.25. The fourth-order valence-electron chi connectivity index (χ4n) is 2.30. The van der Waals surface area contributed by atoms with Crippen LogP contribution in [0.2, 0.25) is 0 Å². The normalized spacial score (nSPS) is 11.3. The molecule has 27 heavy (non-hydrogen) atoms. The molecule has 0 fully saturated rings. The number of nitrogens with one attached hydrogen (secondary N) is 1. The van der Waals surface area contributed by atoms with E-state index in [0.29, 0.717) is 11.4 Å². The van der Waals surface area contributed by atoms with Gasteiger partial charge in [-0.1, -0.05) is 18.2 Å². The molecule has 2 aromatic carbocycles. The molecule has 0 atom stereocenters. The van der Waals surface area contributed by atoms with Gasteiger partial charge in [0.25, 0.3) is 0 Å². The van der Waals surface area contributed by atoms with Crippen LogP contribution in [0.15, 0.2) is 60.0 Å². The molecule has 142 valence electrons. The highest BCUT2D eigenvalue weighted by atomic mass is 32.2. The van der Waals surface area contributed by atoms with Crippen molar-refractivity contribution >= 4 is 21.4 Å². The summed E-state index contributed by atoms with van der Waals surface area (Å²) >= 11 is 1.47. The van der Waals surface area contributed by atoms with Gasteiger partial charge < -0.3 is 9.47 Å². The van der Waals surface area contributed by atoms with Gasteiger partial charge >= 0.3 is 0 Å². The molecule has 0 unspecified atom stereocenters. The van der Waals surface area contributed by atoms with Crippen LogP contribution in [0.25, 0.3) is 10.6 Å². The summed E-state index contributed by atoms with van der Waals surface area (Å²) in [4.78, 5) is 4.49.